The number of rotatable bonds is 4. The SMILES string of the molecule is O=C(C1Nc2ccccc2S(=O)(=O)N1)N1CCN(C/C=C/c2ccccc2)CC1. The second kappa shape index (κ2) is 8.36. The summed E-state index contributed by atoms with van der Waals surface area (Å²) in [6, 6.07) is 16.7. The third-order valence-corrected chi connectivity index (χ3v) is 6.63. The zero-order chi connectivity index (χ0) is 20.3. The van der Waals surface area contributed by atoms with Crippen molar-refractivity contribution in [2.24, 2.45) is 0 Å². The first-order valence-electron chi connectivity index (χ1n) is 9.63. The van der Waals surface area contributed by atoms with Crippen LogP contribution in [0.15, 0.2) is 65.6 Å². The van der Waals surface area contributed by atoms with Crippen molar-refractivity contribution in [2.45, 2.75) is 11.1 Å². The Bertz CT molecular complexity index is 1000. The van der Waals surface area contributed by atoms with Gasteiger partial charge in [0.25, 0.3) is 5.91 Å². The molecule has 4 rings (SSSR count). The third-order valence-electron chi connectivity index (χ3n) is 5.15. The highest BCUT2D eigenvalue weighted by Crippen LogP contribution is 2.25. The number of sulfonamides is 1. The zero-order valence-electron chi connectivity index (χ0n) is 16.0. The summed E-state index contributed by atoms with van der Waals surface area (Å²) in [7, 11) is -3.70. The maximum absolute atomic E-state index is 12.9. The van der Waals surface area contributed by atoms with Gasteiger partial charge in [-0.3, -0.25) is 9.69 Å². The standard InChI is InChI=1S/C21H24N4O3S/c26-21(20-22-18-10-4-5-11-19(18)29(27,28)23-20)25-15-13-24(14-16-25)12-6-9-17-7-2-1-3-8-17/h1-11,20,22-23H,12-16H2/b9-6+. The maximum Gasteiger partial charge on any atom is 0.261 e. The van der Waals surface area contributed by atoms with Crippen molar-refractivity contribution in [1.29, 1.82) is 0 Å². The van der Waals surface area contributed by atoms with Crippen LogP contribution in [0.1, 0.15) is 5.56 Å². The molecule has 7 nitrogen and oxygen atoms in total. The van der Waals surface area contributed by atoms with Gasteiger partial charge in [0.15, 0.2) is 6.17 Å². The molecule has 1 amide bonds. The third kappa shape index (κ3) is 4.50. The molecular formula is C21H24N4O3S. The van der Waals surface area contributed by atoms with Gasteiger partial charge in [0, 0.05) is 32.7 Å². The lowest BCUT2D eigenvalue weighted by Gasteiger charge is -2.37. The number of hydrogen-bond donors (Lipinski definition) is 2. The highest BCUT2D eigenvalue weighted by molar-refractivity contribution is 7.89. The van der Waals surface area contributed by atoms with Crippen molar-refractivity contribution in [3.63, 3.8) is 0 Å². The number of anilines is 1. The smallest absolute Gasteiger partial charge is 0.261 e. The first-order chi connectivity index (χ1) is 14.0. The van der Waals surface area contributed by atoms with E-state index in [4.69, 9.17) is 0 Å². The van der Waals surface area contributed by atoms with Gasteiger partial charge in [-0.2, -0.15) is 4.72 Å². The van der Waals surface area contributed by atoms with Crippen LogP contribution in [0, 0.1) is 0 Å². The summed E-state index contributed by atoms with van der Waals surface area (Å²) < 4.78 is 27.3. The minimum Gasteiger partial charge on any atom is -0.360 e. The molecule has 2 N–H and O–H groups in total. The molecule has 152 valence electrons. The van der Waals surface area contributed by atoms with Gasteiger partial charge in [-0.25, -0.2) is 8.42 Å². The number of piperazine rings is 1. The van der Waals surface area contributed by atoms with Crippen LogP contribution >= 0.6 is 0 Å². The molecule has 1 saturated heterocycles. The van der Waals surface area contributed by atoms with Crippen LogP contribution in [0.4, 0.5) is 5.69 Å². The molecule has 1 unspecified atom stereocenters. The normalized spacial score (nSPS) is 21.5. The van der Waals surface area contributed by atoms with Gasteiger partial charge in [-0.1, -0.05) is 54.6 Å². The number of carbonyl (C=O) groups is 1. The van der Waals surface area contributed by atoms with Gasteiger partial charge in [-0.05, 0) is 17.7 Å². The van der Waals surface area contributed by atoms with E-state index in [1.807, 2.05) is 18.2 Å². The van der Waals surface area contributed by atoms with E-state index in [9.17, 15) is 13.2 Å². The largest absolute Gasteiger partial charge is 0.360 e. The molecule has 8 heteroatoms. The fourth-order valence-electron chi connectivity index (χ4n) is 3.57. The fraction of sp³-hybridized carbons (Fsp3) is 0.286. The Hall–Kier alpha value is -2.68. The van der Waals surface area contributed by atoms with E-state index in [-0.39, 0.29) is 10.8 Å². The maximum atomic E-state index is 12.9. The van der Waals surface area contributed by atoms with E-state index in [0.29, 0.717) is 18.8 Å². The van der Waals surface area contributed by atoms with Gasteiger partial charge in [0.2, 0.25) is 10.0 Å². The molecular weight excluding hydrogens is 388 g/mol. The molecule has 0 aromatic heterocycles. The summed E-state index contributed by atoms with van der Waals surface area (Å²) in [5.41, 5.74) is 1.62. The Balaban J connectivity index is 1.32. The number of nitrogens with one attached hydrogen (secondary N) is 2. The van der Waals surface area contributed by atoms with Crippen molar-refractivity contribution in [2.75, 3.05) is 38.0 Å². The van der Waals surface area contributed by atoms with Crippen molar-refractivity contribution >= 4 is 27.7 Å². The van der Waals surface area contributed by atoms with Gasteiger partial charge >= 0.3 is 0 Å². The van der Waals surface area contributed by atoms with Crippen LogP contribution in [0.3, 0.4) is 0 Å². The number of hydrogen-bond acceptors (Lipinski definition) is 5. The summed E-state index contributed by atoms with van der Waals surface area (Å²) in [5.74, 6) is -0.248. The van der Waals surface area contributed by atoms with Gasteiger partial charge in [0.1, 0.15) is 4.90 Å². The molecule has 0 spiro atoms. The van der Waals surface area contributed by atoms with Gasteiger partial charge < -0.3 is 10.2 Å². The average molecular weight is 413 g/mol. The average Bonchev–Trinajstić information content (AvgIpc) is 2.74. The topological polar surface area (TPSA) is 81.7 Å². The molecule has 29 heavy (non-hydrogen) atoms. The van der Waals surface area contributed by atoms with Gasteiger partial charge in [-0.15, -0.1) is 0 Å². The predicted octanol–water partition coefficient (Wildman–Crippen LogP) is 1.57. The van der Waals surface area contributed by atoms with Crippen molar-refractivity contribution in [1.82, 2.24) is 14.5 Å². The number of carbonyl (C=O) groups excluding carboxylic acids is 1. The number of fused-ring (bicyclic) bond motifs is 1. The quantitative estimate of drug-likeness (QED) is 0.797. The molecule has 2 heterocycles. The monoisotopic (exact) mass is 412 g/mol. The van der Waals surface area contributed by atoms with E-state index in [1.54, 1.807) is 23.1 Å². The second-order valence-electron chi connectivity index (χ2n) is 7.13. The molecule has 0 aliphatic carbocycles. The highest BCUT2D eigenvalue weighted by atomic mass is 32.2. The number of amides is 1. The van der Waals surface area contributed by atoms with E-state index < -0.39 is 16.2 Å². The number of benzene rings is 2. The summed E-state index contributed by atoms with van der Waals surface area (Å²) in [4.78, 5) is 17.0. The Morgan fingerprint density at radius 3 is 2.45 bits per heavy atom. The summed E-state index contributed by atoms with van der Waals surface area (Å²) >= 11 is 0. The van der Waals surface area contributed by atoms with Crippen LogP contribution in [0.2, 0.25) is 0 Å². The Labute approximate surface area is 171 Å². The number of para-hydroxylation sites is 1. The van der Waals surface area contributed by atoms with Crippen molar-refractivity contribution < 1.29 is 13.2 Å². The Morgan fingerprint density at radius 1 is 1.00 bits per heavy atom. The first-order valence-corrected chi connectivity index (χ1v) is 11.1. The van der Waals surface area contributed by atoms with Crippen LogP contribution < -0.4 is 10.0 Å². The molecule has 0 saturated carbocycles. The fourth-order valence-corrected chi connectivity index (χ4v) is 4.84. The summed E-state index contributed by atoms with van der Waals surface area (Å²) in [6.07, 6.45) is 3.25. The lowest BCUT2D eigenvalue weighted by molar-refractivity contribution is -0.134. The van der Waals surface area contributed by atoms with Gasteiger partial charge in [0.05, 0.1) is 5.69 Å². The zero-order valence-corrected chi connectivity index (χ0v) is 16.8. The molecule has 0 radical (unpaired) electrons. The molecule has 2 aromatic rings. The molecule has 1 fully saturated rings. The molecule has 2 aromatic carbocycles. The van der Waals surface area contributed by atoms with E-state index >= 15 is 0 Å². The minimum absolute atomic E-state index is 0.166. The van der Waals surface area contributed by atoms with E-state index in [1.165, 1.54) is 6.07 Å². The summed E-state index contributed by atoms with van der Waals surface area (Å²) in [6.45, 7) is 3.46. The van der Waals surface area contributed by atoms with E-state index in [0.717, 1.165) is 25.2 Å². The van der Waals surface area contributed by atoms with Crippen LogP contribution in [-0.2, 0) is 14.8 Å². The number of nitrogens with zero attached hydrogens (tertiary/aromatic N) is 2. The van der Waals surface area contributed by atoms with Crippen LogP contribution in [0.5, 0.6) is 0 Å². The molecule has 2 aliphatic rings. The lowest BCUT2D eigenvalue weighted by atomic mass is 10.2. The van der Waals surface area contributed by atoms with Crippen molar-refractivity contribution in [3.05, 3.63) is 66.2 Å². The van der Waals surface area contributed by atoms with Crippen molar-refractivity contribution in [3.8, 4) is 0 Å². The van der Waals surface area contributed by atoms with Crippen LogP contribution in [0.25, 0.3) is 6.08 Å². The Kier molecular flexibility index (Phi) is 5.66. The molecule has 0 bridgehead atoms. The minimum atomic E-state index is -3.70. The van der Waals surface area contributed by atoms with E-state index in [2.05, 4.69) is 39.2 Å². The highest BCUT2D eigenvalue weighted by Gasteiger charge is 2.35. The predicted molar refractivity (Wildman–Crippen MR) is 113 cm³/mol. The first kappa shape index (κ1) is 19.6. The molecule has 1 atom stereocenters. The second-order valence-corrected chi connectivity index (χ2v) is 8.82. The lowest BCUT2D eigenvalue weighted by Crippen LogP contribution is -2.58. The Morgan fingerprint density at radius 2 is 1.69 bits per heavy atom. The molecule has 2 aliphatic heterocycles. The van der Waals surface area contributed by atoms with Crippen LogP contribution in [-0.4, -0.2) is 63.0 Å². The summed E-state index contributed by atoms with van der Waals surface area (Å²) in [5, 5.41) is 3.01.